The molecule has 4 rings (SSSR count). The molecule has 0 amide bonds. The molecule has 0 bridgehead atoms. The number of esters is 1. The van der Waals surface area contributed by atoms with E-state index in [1.807, 2.05) is 80.6 Å². The molecule has 1 heterocycles. The highest BCUT2D eigenvalue weighted by Crippen LogP contribution is 2.30. The first-order valence-corrected chi connectivity index (χ1v) is 10.4. The first-order valence-electron chi connectivity index (χ1n) is 10.4. The van der Waals surface area contributed by atoms with Crippen LogP contribution in [-0.4, -0.2) is 12.6 Å². The lowest BCUT2D eigenvalue weighted by atomic mass is 9.98. The number of benzene rings is 3. The van der Waals surface area contributed by atoms with Crippen molar-refractivity contribution in [3.63, 3.8) is 0 Å². The normalized spacial score (nSPS) is 10.8. The van der Waals surface area contributed by atoms with Gasteiger partial charge >= 0.3 is 11.6 Å². The Morgan fingerprint density at radius 3 is 2.19 bits per heavy atom. The van der Waals surface area contributed by atoms with Crippen LogP contribution in [0.2, 0.25) is 0 Å². The minimum Gasteiger partial charge on any atom is -0.481 e. The lowest BCUT2D eigenvalue weighted by Gasteiger charge is -2.13. The summed E-state index contributed by atoms with van der Waals surface area (Å²) in [6.45, 7) is 3.71. The number of carbonyl (C=O) groups excluding carboxylic acids is 1. The highest BCUT2D eigenvalue weighted by atomic mass is 16.6. The van der Waals surface area contributed by atoms with Crippen molar-refractivity contribution in [1.82, 2.24) is 0 Å². The van der Waals surface area contributed by atoms with Crippen LogP contribution in [0.1, 0.15) is 27.8 Å². The molecule has 0 aliphatic heterocycles. The highest BCUT2D eigenvalue weighted by molar-refractivity contribution is 5.85. The first kappa shape index (κ1) is 21.4. The maximum Gasteiger partial charge on any atom is 0.344 e. The molecule has 0 radical (unpaired) electrons. The van der Waals surface area contributed by atoms with Gasteiger partial charge in [0.15, 0.2) is 6.61 Å². The molecule has 0 saturated heterocycles. The molecule has 4 aromatic rings. The molecular weight excluding hydrogens is 404 g/mol. The fourth-order valence-electron chi connectivity index (χ4n) is 3.65. The van der Waals surface area contributed by atoms with Crippen LogP contribution in [0.3, 0.4) is 0 Å². The van der Waals surface area contributed by atoms with Crippen LogP contribution >= 0.6 is 0 Å². The Morgan fingerprint density at radius 2 is 1.50 bits per heavy atom. The average Bonchev–Trinajstić information content (AvgIpc) is 2.82. The van der Waals surface area contributed by atoms with E-state index in [0.717, 1.165) is 22.1 Å². The summed E-state index contributed by atoms with van der Waals surface area (Å²) < 4.78 is 16.6. The van der Waals surface area contributed by atoms with E-state index < -0.39 is 5.97 Å². The number of hydrogen-bond acceptors (Lipinski definition) is 5. The summed E-state index contributed by atoms with van der Waals surface area (Å²) in [7, 11) is 0. The fourth-order valence-corrected chi connectivity index (χ4v) is 3.65. The zero-order valence-electron chi connectivity index (χ0n) is 18.1. The Morgan fingerprint density at radius 1 is 0.844 bits per heavy atom. The number of rotatable bonds is 7. The monoisotopic (exact) mass is 428 g/mol. The van der Waals surface area contributed by atoms with Crippen LogP contribution in [0.4, 0.5) is 0 Å². The summed E-state index contributed by atoms with van der Waals surface area (Å²) in [5.74, 6) is 0.0108. The molecule has 0 spiro atoms. The molecular formula is C27H24O5. The largest absolute Gasteiger partial charge is 0.481 e. The van der Waals surface area contributed by atoms with Crippen molar-refractivity contribution < 1.29 is 18.7 Å². The molecule has 5 nitrogen and oxygen atoms in total. The van der Waals surface area contributed by atoms with Gasteiger partial charge in [-0.05, 0) is 42.7 Å². The molecule has 0 aliphatic carbocycles. The topological polar surface area (TPSA) is 65.7 Å². The number of carbonyl (C=O) groups is 1. The SMILES string of the molecule is Cc1c(Cc2ccccc2)c(=O)oc2c(C)c(OCC(=O)OCc3ccccc3)ccc12. The summed E-state index contributed by atoms with van der Waals surface area (Å²) in [5, 5.41) is 0.854. The van der Waals surface area contributed by atoms with Crippen LogP contribution in [0, 0.1) is 13.8 Å². The average molecular weight is 428 g/mol. The second kappa shape index (κ2) is 9.52. The number of fused-ring (bicyclic) bond motifs is 1. The summed E-state index contributed by atoms with van der Waals surface area (Å²) in [5.41, 5.74) is 4.27. The van der Waals surface area contributed by atoms with Gasteiger partial charge in [0.1, 0.15) is 17.9 Å². The van der Waals surface area contributed by atoms with Crippen molar-refractivity contribution in [1.29, 1.82) is 0 Å². The van der Waals surface area contributed by atoms with Gasteiger partial charge in [0, 0.05) is 22.9 Å². The molecule has 0 fully saturated rings. The molecule has 1 aromatic heterocycles. The standard InChI is InChI=1S/C27H24O5/c1-18-22-13-14-24(30-17-25(28)31-16-21-11-7-4-8-12-21)19(2)26(22)32-27(29)23(18)15-20-9-5-3-6-10-20/h3-14H,15-17H2,1-2H3. The molecule has 0 aliphatic rings. The van der Waals surface area contributed by atoms with Gasteiger partial charge in [-0.3, -0.25) is 0 Å². The lowest BCUT2D eigenvalue weighted by molar-refractivity contribution is -0.147. The van der Waals surface area contributed by atoms with Gasteiger partial charge < -0.3 is 13.9 Å². The molecule has 3 aromatic carbocycles. The summed E-state index contributed by atoms with van der Waals surface area (Å²) >= 11 is 0. The molecule has 5 heteroatoms. The third-order valence-corrected chi connectivity index (χ3v) is 5.47. The molecule has 0 N–H and O–H groups in total. The van der Waals surface area contributed by atoms with Crippen LogP contribution in [0.25, 0.3) is 11.0 Å². The minimum absolute atomic E-state index is 0.192. The van der Waals surface area contributed by atoms with Crippen LogP contribution in [-0.2, 0) is 22.6 Å². The van der Waals surface area contributed by atoms with E-state index in [0.29, 0.717) is 28.9 Å². The Labute approximate surface area is 186 Å². The smallest absolute Gasteiger partial charge is 0.344 e. The van der Waals surface area contributed by atoms with Crippen molar-refractivity contribution >= 4 is 16.9 Å². The molecule has 0 atom stereocenters. The fraction of sp³-hybridized carbons (Fsp3) is 0.185. The van der Waals surface area contributed by atoms with Crippen molar-refractivity contribution in [3.8, 4) is 5.75 Å². The van der Waals surface area contributed by atoms with Gasteiger partial charge in [0.05, 0.1) is 0 Å². The van der Waals surface area contributed by atoms with Gasteiger partial charge in [-0.1, -0.05) is 60.7 Å². The van der Waals surface area contributed by atoms with E-state index in [4.69, 9.17) is 13.9 Å². The minimum atomic E-state index is -0.468. The second-order valence-corrected chi connectivity index (χ2v) is 7.66. The summed E-state index contributed by atoms with van der Waals surface area (Å²) in [4.78, 5) is 24.8. The number of aryl methyl sites for hydroxylation is 2. The Balaban J connectivity index is 1.50. The third kappa shape index (κ3) is 4.72. The van der Waals surface area contributed by atoms with E-state index in [1.54, 1.807) is 6.07 Å². The summed E-state index contributed by atoms with van der Waals surface area (Å²) in [6.07, 6.45) is 0.509. The van der Waals surface area contributed by atoms with Crippen LogP contribution in [0.5, 0.6) is 5.75 Å². The van der Waals surface area contributed by atoms with E-state index in [-0.39, 0.29) is 18.8 Å². The van der Waals surface area contributed by atoms with Crippen molar-refractivity contribution in [2.24, 2.45) is 0 Å². The molecule has 0 saturated carbocycles. The van der Waals surface area contributed by atoms with Gasteiger partial charge in [0.25, 0.3) is 0 Å². The predicted octanol–water partition coefficient (Wildman–Crippen LogP) is 5.12. The molecule has 0 unspecified atom stereocenters. The Bertz CT molecular complexity index is 1290. The van der Waals surface area contributed by atoms with Crippen LogP contribution < -0.4 is 10.4 Å². The van der Waals surface area contributed by atoms with E-state index in [9.17, 15) is 9.59 Å². The second-order valence-electron chi connectivity index (χ2n) is 7.66. The zero-order valence-corrected chi connectivity index (χ0v) is 18.1. The predicted molar refractivity (Wildman–Crippen MR) is 123 cm³/mol. The quantitative estimate of drug-likeness (QED) is 0.302. The van der Waals surface area contributed by atoms with E-state index in [2.05, 4.69) is 0 Å². The van der Waals surface area contributed by atoms with Crippen molar-refractivity contribution in [2.75, 3.05) is 6.61 Å². The Kier molecular flexibility index (Phi) is 6.36. The zero-order chi connectivity index (χ0) is 22.5. The van der Waals surface area contributed by atoms with Gasteiger partial charge in [-0.2, -0.15) is 0 Å². The maximum absolute atomic E-state index is 12.7. The van der Waals surface area contributed by atoms with E-state index >= 15 is 0 Å². The molecule has 162 valence electrons. The lowest BCUT2D eigenvalue weighted by Crippen LogP contribution is -2.15. The molecule has 32 heavy (non-hydrogen) atoms. The van der Waals surface area contributed by atoms with Gasteiger partial charge in [-0.15, -0.1) is 0 Å². The van der Waals surface area contributed by atoms with Crippen molar-refractivity contribution in [3.05, 3.63) is 111 Å². The van der Waals surface area contributed by atoms with Crippen molar-refractivity contribution in [2.45, 2.75) is 26.9 Å². The highest BCUT2D eigenvalue weighted by Gasteiger charge is 2.16. The Hall–Kier alpha value is -3.86. The summed E-state index contributed by atoms with van der Waals surface area (Å²) in [6, 6.07) is 22.9. The first-order chi connectivity index (χ1) is 15.5. The number of hydrogen-bond donors (Lipinski definition) is 0. The third-order valence-electron chi connectivity index (χ3n) is 5.47. The van der Waals surface area contributed by atoms with E-state index in [1.165, 1.54) is 0 Å². The van der Waals surface area contributed by atoms with Gasteiger partial charge in [-0.25, -0.2) is 9.59 Å². The number of ether oxygens (including phenoxy) is 2. The maximum atomic E-state index is 12.7. The van der Waals surface area contributed by atoms with Gasteiger partial charge in [0.2, 0.25) is 0 Å². The van der Waals surface area contributed by atoms with Crippen LogP contribution in [0.15, 0.2) is 82.0 Å².